The summed E-state index contributed by atoms with van der Waals surface area (Å²) in [6.07, 6.45) is 0.461. The molecule has 2 aromatic carbocycles. The molecule has 0 aliphatic carbocycles. The Hall–Kier alpha value is -2.88. The molecule has 8 heteroatoms. The lowest BCUT2D eigenvalue weighted by atomic mass is 9.90. The zero-order valence-corrected chi connectivity index (χ0v) is 20.9. The van der Waals surface area contributed by atoms with Crippen molar-refractivity contribution in [2.45, 2.75) is 32.7 Å². The molecule has 0 radical (unpaired) electrons. The van der Waals surface area contributed by atoms with E-state index in [4.69, 9.17) is 5.10 Å². The van der Waals surface area contributed by atoms with E-state index >= 15 is 0 Å². The molecular formula is C24H29IN6O. The summed E-state index contributed by atoms with van der Waals surface area (Å²) in [5.74, 6) is 0.857. The third-order valence-corrected chi connectivity index (χ3v) is 5.72. The smallest absolute Gasteiger partial charge is 0.225 e. The van der Waals surface area contributed by atoms with Crippen LogP contribution in [0, 0.1) is 13.8 Å². The molecule has 3 N–H and O–H groups in total. The van der Waals surface area contributed by atoms with Crippen molar-refractivity contribution in [3.8, 4) is 5.69 Å². The van der Waals surface area contributed by atoms with Gasteiger partial charge >= 0.3 is 0 Å². The molecule has 2 heterocycles. The Morgan fingerprint density at radius 2 is 1.84 bits per heavy atom. The van der Waals surface area contributed by atoms with Gasteiger partial charge in [-0.05, 0) is 37.6 Å². The van der Waals surface area contributed by atoms with Crippen LogP contribution in [0.4, 0.5) is 5.69 Å². The largest absolute Gasteiger partial charge is 0.356 e. The Morgan fingerprint density at radius 3 is 2.59 bits per heavy atom. The molecule has 1 aliphatic heterocycles. The van der Waals surface area contributed by atoms with Gasteiger partial charge in [0.2, 0.25) is 5.91 Å². The van der Waals surface area contributed by atoms with Gasteiger partial charge in [-0.15, -0.1) is 24.0 Å². The van der Waals surface area contributed by atoms with Crippen molar-refractivity contribution in [3.63, 3.8) is 0 Å². The molecule has 0 spiro atoms. The number of halogens is 1. The molecule has 1 atom stereocenters. The van der Waals surface area contributed by atoms with Crippen molar-refractivity contribution in [3.05, 3.63) is 77.1 Å². The predicted octanol–water partition coefficient (Wildman–Crippen LogP) is 3.90. The molecule has 3 aromatic rings. The van der Waals surface area contributed by atoms with E-state index in [1.807, 2.05) is 48.0 Å². The average Bonchev–Trinajstić information content (AvgIpc) is 3.07. The molecule has 0 fully saturated rings. The van der Waals surface area contributed by atoms with Gasteiger partial charge < -0.3 is 16.0 Å². The molecule has 1 amide bonds. The van der Waals surface area contributed by atoms with Crippen molar-refractivity contribution in [1.29, 1.82) is 0 Å². The van der Waals surface area contributed by atoms with E-state index in [1.165, 1.54) is 0 Å². The molecule has 7 nitrogen and oxygen atoms in total. The summed E-state index contributed by atoms with van der Waals surface area (Å²) >= 11 is 0. The van der Waals surface area contributed by atoms with E-state index in [2.05, 4.69) is 46.1 Å². The molecule has 0 saturated heterocycles. The van der Waals surface area contributed by atoms with Crippen LogP contribution in [-0.4, -0.2) is 35.2 Å². The van der Waals surface area contributed by atoms with Gasteiger partial charge in [-0.3, -0.25) is 9.79 Å². The molecule has 1 aromatic heterocycles. The molecule has 0 bridgehead atoms. The lowest BCUT2D eigenvalue weighted by Crippen LogP contribution is -2.40. The normalized spacial score (nSPS) is 15.4. The number of carbonyl (C=O) groups excluding carboxylic acids is 1. The number of fused-ring (bicyclic) bond motifs is 1. The standard InChI is InChI=1S/C24H28N6O.HI/c1-16-21(17(2)30(29-16)19-9-5-4-6-10-19)15-27-24(25-3)26-14-18-13-23(31)28-22-12-8-7-11-20(18)22;/h4-12,18H,13-15H2,1-3H3,(H,28,31)(H2,25,26,27);1H. The van der Waals surface area contributed by atoms with Gasteiger partial charge in [-0.1, -0.05) is 36.4 Å². The van der Waals surface area contributed by atoms with Crippen LogP contribution in [0.3, 0.4) is 0 Å². The minimum atomic E-state index is 0. The van der Waals surface area contributed by atoms with E-state index in [0.717, 1.165) is 33.9 Å². The Bertz CT molecular complexity index is 1110. The van der Waals surface area contributed by atoms with Gasteiger partial charge in [0, 0.05) is 49.4 Å². The Balaban J connectivity index is 0.00000289. The van der Waals surface area contributed by atoms with Crippen LogP contribution < -0.4 is 16.0 Å². The van der Waals surface area contributed by atoms with Crippen LogP contribution in [-0.2, 0) is 11.3 Å². The third kappa shape index (κ3) is 5.12. The zero-order chi connectivity index (χ0) is 21.8. The number of para-hydroxylation sites is 2. The van der Waals surface area contributed by atoms with E-state index in [0.29, 0.717) is 25.5 Å². The minimum absolute atomic E-state index is 0. The molecule has 1 aliphatic rings. The number of benzene rings is 2. The van der Waals surface area contributed by atoms with Crippen molar-refractivity contribution < 1.29 is 4.79 Å². The lowest BCUT2D eigenvalue weighted by molar-refractivity contribution is -0.116. The highest BCUT2D eigenvalue weighted by atomic mass is 127. The highest BCUT2D eigenvalue weighted by Gasteiger charge is 2.24. The third-order valence-electron chi connectivity index (χ3n) is 5.72. The fraction of sp³-hybridized carbons (Fsp3) is 0.292. The molecule has 4 rings (SSSR count). The van der Waals surface area contributed by atoms with Gasteiger partial charge in [-0.25, -0.2) is 4.68 Å². The van der Waals surface area contributed by atoms with E-state index in [9.17, 15) is 4.79 Å². The van der Waals surface area contributed by atoms with E-state index in [1.54, 1.807) is 7.05 Å². The predicted molar refractivity (Wildman–Crippen MR) is 139 cm³/mol. The van der Waals surface area contributed by atoms with Crippen molar-refractivity contribution in [2.24, 2.45) is 4.99 Å². The number of carbonyl (C=O) groups is 1. The zero-order valence-electron chi connectivity index (χ0n) is 18.6. The monoisotopic (exact) mass is 544 g/mol. The summed E-state index contributed by atoms with van der Waals surface area (Å²) in [4.78, 5) is 16.4. The average molecular weight is 544 g/mol. The molecule has 0 saturated carbocycles. The number of hydrogen-bond donors (Lipinski definition) is 3. The van der Waals surface area contributed by atoms with Crippen LogP contribution in [0.25, 0.3) is 5.69 Å². The number of aryl methyl sites for hydroxylation is 1. The van der Waals surface area contributed by atoms with Crippen LogP contribution in [0.1, 0.15) is 34.9 Å². The van der Waals surface area contributed by atoms with Crippen molar-refractivity contribution in [2.75, 3.05) is 18.9 Å². The second kappa shape index (κ2) is 10.6. The first-order valence-corrected chi connectivity index (χ1v) is 10.5. The summed E-state index contributed by atoms with van der Waals surface area (Å²) in [6.45, 7) is 5.35. The van der Waals surface area contributed by atoms with Gasteiger partial charge in [0.1, 0.15) is 0 Å². The molecule has 1 unspecified atom stereocenters. The molecular weight excluding hydrogens is 515 g/mol. The maximum Gasteiger partial charge on any atom is 0.225 e. The van der Waals surface area contributed by atoms with Crippen LogP contribution in [0.5, 0.6) is 0 Å². The van der Waals surface area contributed by atoms with Gasteiger partial charge in [0.05, 0.1) is 11.4 Å². The summed E-state index contributed by atoms with van der Waals surface area (Å²) in [7, 11) is 1.75. The van der Waals surface area contributed by atoms with Gasteiger partial charge in [-0.2, -0.15) is 5.10 Å². The Kier molecular flexibility index (Phi) is 7.89. The summed E-state index contributed by atoms with van der Waals surface area (Å²) in [5, 5.41) is 14.4. The van der Waals surface area contributed by atoms with Crippen molar-refractivity contribution in [1.82, 2.24) is 20.4 Å². The van der Waals surface area contributed by atoms with Gasteiger partial charge in [0.15, 0.2) is 5.96 Å². The number of amides is 1. The van der Waals surface area contributed by atoms with E-state index < -0.39 is 0 Å². The number of aliphatic imine (C=N–C) groups is 1. The lowest BCUT2D eigenvalue weighted by Gasteiger charge is -2.26. The fourth-order valence-electron chi connectivity index (χ4n) is 4.05. The topological polar surface area (TPSA) is 83.3 Å². The maximum absolute atomic E-state index is 12.1. The molecule has 168 valence electrons. The fourth-order valence-corrected chi connectivity index (χ4v) is 4.05. The number of rotatable bonds is 5. The van der Waals surface area contributed by atoms with Gasteiger partial charge in [0.25, 0.3) is 0 Å². The number of guanidine groups is 1. The minimum Gasteiger partial charge on any atom is -0.356 e. The second-order valence-corrected chi connectivity index (χ2v) is 7.74. The summed E-state index contributed by atoms with van der Waals surface area (Å²) in [6, 6.07) is 18.1. The highest BCUT2D eigenvalue weighted by Crippen LogP contribution is 2.31. The number of anilines is 1. The number of nitrogens with zero attached hydrogens (tertiary/aromatic N) is 3. The first-order chi connectivity index (χ1) is 15.1. The first-order valence-electron chi connectivity index (χ1n) is 10.5. The van der Waals surface area contributed by atoms with Crippen LogP contribution in [0.15, 0.2) is 59.6 Å². The molecule has 32 heavy (non-hydrogen) atoms. The second-order valence-electron chi connectivity index (χ2n) is 7.74. The summed E-state index contributed by atoms with van der Waals surface area (Å²) < 4.78 is 1.97. The highest BCUT2D eigenvalue weighted by molar-refractivity contribution is 14.0. The number of hydrogen-bond acceptors (Lipinski definition) is 3. The summed E-state index contributed by atoms with van der Waals surface area (Å²) in [5.41, 5.74) is 6.33. The van der Waals surface area contributed by atoms with Crippen LogP contribution in [0.2, 0.25) is 0 Å². The number of aromatic nitrogens is 2. The maximum atomic E-state index is 12.1. The quantitative estimate of drug-likeness (QED) is 0.259. The van der Waals surface area contributed by atoms with E-state index in [-0.39, 0.29) is 35.8 Å². The SMILES string of the molecule is CN=C(NCc1c(C)nn(-c2ccccc2)c1C)NCC1CC(=O)Nc2ccccc21.I. The van der Waals surface area contributed by atoms with Crippen LogP contribution >= 0.6 is 24.0 Å². The van der Waals surface area contributed by atoms with Crippen molar-refractivity contribution >= 4 is 41.5 Å². The Morgan fingerprint density at radius 1 is 1.12 bits per heavy atom. The first kappa shape index (κ1) is 23.8. The Labute approximate surface area is 205 Å². The number of nitrogens with one attached hydrogen (secondary N) is 3.